The molecular formula is C15H32O3. The third kappa shape index (κ3) is 24.6. The summed E-state index contributed by atoms with van der Waals surface area (Å²) in [5.74, 6) is 0.0874. The van der Waals surface area contributed by atoms with Gasteiger partial charge in [0.25, 0.3) is 5.97 Å². The quantitative estimate of drug-likeness (QED) is 0.578. The predicted octanol–water partition coefficient (Wildman–Crippen LogP) is 4.24. The Hall–Kier alpha value is -0.570. The molecule has 110 valence electrons. The van der Waals surface area contributed by atoms with Gasteiger partial charge in [-0.25, -0.2) is 0 Å². The standard InChI is InChI=1S/C13H28O.C2H4O2/c1-3-13(2)11-9-7-5-4-6-8-10-12-14;1-2(3)4/h13-14H,3-12H2,1-2H3;1H3,(H,3,4)/t13-;/m1./s1. The number of unbranched alkanes of at least 4 members (excludes halogenated alkanes) is 6. The van der Waals surface area contributed by atoms with Gasteiger partial charge in [-0.3, -0.25) is 4.79 Å². The molecule has 0 aromatic carbocycles. The molecule has 0 spiro atoms. The Bertz CT molecular complexity index is 165. The molecule has 0 amide bonds. The smallest absolute Gasteiger partial charge is 0.300 e. The molecule has 3 nitrogen and oxygen atoms in total. The monoisotopic (exact) mass is 260 g/mol. The molecule has 0 aliphatic heterocycles. The molecule has 0 bridgehead atoms. The van der Waals surface area contributed by atoms with Crippen LogP contribution in [0.4, 0.5) is 0 Å². The maximum Gasteiger partial charge on any atom is 0.300 e. The van der Waals surface area contributed by atoms with Crippen LogP contribution in [0.5, 0.6) is 0 Å². The van der Waals surface area contributed by atoms with Crippen molar-refractivity contribution in [2.75, 3.05) is 6.61 Å². The van der Waals surface area contributed by atoms with E-state index >= 15 is 0 Å². The lowest BCUT2D eigenvalue weighted by Gasteiger charge is -2.07. The number of aliphatic hydroxyl groups excluding tert-OH is 1. The minimum atomic E-state index is -0.833. The molecule has 0 radical (unpaired) electrons. The SMILES string of the molecule is CC(=O)O.CC[C@@H](C)CCCCCCCCCO. The van der Waals surface area contributed by atoms with Crippen molar-refractivity contribution in [3.05, 3.63) is 0 Å². The van der Waals surface area contributed by atoms with Gasteiger partial charge < -0.3 is 10.2 Å². The molecule has 0 fully saturated rings. The van der Waals surface area contributed by atoms with E-state index in [0.29, 0.717) is 6.61 Å². The predicted molar refractivity (Wildman–Crippen MR) is 76.8 cm³/mol. The lowest BCUT2D eigenvalue weighted by atomic mass is 10.00. The van der Waals surface area contributed by atoms with Gasteiger partial charge in [0.2, 0.25) is 0 Å². The van der Waals surface area contributed by atoms with Crippen LogP contribution in [0.2, 0.25) is 0 Å². The molecule has 18 heavy (non-hydrogen) atoms. The van der Waals surface area contributed by atoms with Crippen LogP contribution in [0.3, 0.4) is 0 Å². The molecule has 0 aromatic rings. The van der Waals surface area contributed by atoms with E-state index < -0.39 is 5.97 Å². The fourth-order valence-electron chi connectivity index (χ4n) is 1.69. The fraction of sp³-hybridized carbons (Fsp3) is 0.933. The molecule has 0 saturated carbocycles. The number of carboxylic acid groups (broad SMARTS) is 1. The van der Waals surface area contributed by atoms with E-state index in [1.165, 1.54) is 51.4 Å². The summed E-state index contributed by atoms with van der Waals surface area (Å²) < 4.78 is 0. The number of carbonyl (C=O) groups is 1. The highest BCUT2D eigenvalue weighted by atomic mass is 16.4. The topological polar surface area (TPSA) is 57.5 Å². The average molecular weight is 260 g/mol. The van der Waals surface area contributed by atoms with Crippen LogP contribution < -0.4 is 0 Å². The van der Waals surface area contributed by atoms with Gasteiger partial charge in [-0.15, -0.1) is 0 Å². The number of hydrogen-bond acceptors (Lipinski definition) is 2. The van der Waals surface area contributed by atoms with E-state index in [-0.39, 0.29) is 0 Å². The third-order valence-electron chi connectivity index (χ3n) is 3.05. The van der Waals surface area contributed by atoms with Gasteiger partial charge in [0.1, 0.15) is 0 Å². The van der Waals surface area contributed by atoms with E-state index in [9.17, 15) is 0 Å². The second-order valence-corrected chi connectivity index (χ2v) is 5.02. The van der Waals surface area contributed by atoms with Gasteiger partial charge in [0.05, 0.1) is 0 Å². The first-order chi connectivity index (χ1) is 8.54. The van der Waals surface area contributed by atoms with Crippen molar-refractivity contribution in [3.8, 4) is 0 Å². The van der Waals surface area contributed by atoms with Crippen molar-refractivity contribution in [1.82, 2.24) is 0 Å². The molecule has 1 atom stereocenters. The number of rotatable bonds is 10. The zero-order chi connectivity index (χ0) is 14.2. The van der Waals surface area contributed by atoms with Crippen LogP contribution in [0.25, 0.3) is 0 Å². The van der Waals surface area contributed by atoms with Crippen LogP contribution in [-0.4, -0.2) is 22.8 Å². The van der Waals surface area contributed by atoms with E-state index in [4.69, 9.17) is 15.0 Å². The second kappa shape index (κ2) is 16.4. The molecule has 0 aliphatic rings. The van der Waals surface area contributed by atoms with Crippen molar-refractivity contribution in [3.63, 3.8) is 0 Å². The summed E-state index contributed by atoms with van der Waals surface area (Å²) in [5.41, 5.74) is 0. The van der Waals surface area contributed by atoms with Crippen LogP contribution >= 0.6 is 0 Å². The fourth-order valence-corrected chi connectivity index (χ4v) is 1.69. The van der Waals surface area contributed by atoms with Crippen LogP contribution in [0.15, 0.2) is 0 Å². The number of carboxylic acids is 1. The zero-order valence-electron chi connectivity index (χ0n) is 12.5. The third-order valence-corrected chi connectivity index (χ3v) is 3.05. The molecule has 0 saturated heterocycles. The maximum absolute atomic E-state index is 9.00. The molecule has 0 rings (SSSR count). The number of hydrogen-bond donors (Lipinski definition) is 2. The van der Waals surface area contributed by atoms with Gasteiger partial charge in [0.15, 0.2) is 0 Å². The molecule has 0 aromatic heterocycles. The minimum Gasteiger partial charge on any atom is -0.481 e. The van der Waals surface area contributed by atoms with Crippen molar-refractivity contribution in [2.24, 2.45) is 5.92 Å². The summed E-state index contributed by atoms with van der Waals surface area (Å²) in [4.78, 5) is 9.00. The lowest BCUT2D eigenvalue weighted by Crippen LogP contribution is -1.91. The van der Waals surface area contributed by atoms with E-state index in [0.717, 1.165) is 19.3 Å². The Morgan fingerprint density at radius 3 is 1.78 bits per heavy atom. The van der Waals surface area contributed by atoms with Gasteiger partial charge >= 0.3 is 0 Å². The molecule has 2 N–H and O–H groups in total. The van der Waals surface area contributed by atoms with Gasteiger partial charge in [-0.1, -0.05) is 65.2 Å². The van der Waals surface area contributed by atoms with Crippen LogP contribution in [0, 0.1) is 5.92 Å². The molecule has 0 heterocycles. The van der Waals surface area contributed by atoms with Gasteiger partial charge in [0, 0.05) is 13.5 Å². The Balaban J connectivity index is 0. The number of aliphatic hydroxyl groups is 1. The highest BCUT2D eigenvalue weighted by molar-refractivity contribution is 5.62. The zero-order valence-corrected chi connectivity index (χ0v) is 12.5. The Kier molecular flexibility index (Phi) is 18.0. The summed E-state index contributed by atoms with van der Waals surface area (Å²) in [5, 5.41) is 16.0. The Labute approximate surface area is 113 Å². The van der Waals surface area contributed by atoms with E-state index in [2.05, 4.69) is 13.8 Å². The first-order valence-electron chi connectivity index (χ1n) is 7.34. The normalized spacial score (nSPS) is 11.6. The van der Waals surface area contributed by atoms with Crippen molar-refractivity contribution < 1.29 is 15.0 Å². The Morgan fingerprint density at radius 2 is 1.39 bits per heavy atom. The molecule has 0 aliphatic carbocycles. The van der Waals surface area contributed by atoms with Crippen molar-refractivity contribution in [2.45, 2.75) is 78.6 Å². The molecular weight excluding hydrogens is 228 g/mol. The van der Waals surface area contributed by atoms with Crippen LogP contribution in [0.1, 0.15) is 78.6 Å². The first-order valence-corrected chi connectivity index (χ1v) is 7.34. The van der Waals surface area contributed by atoms with Crippen LogP contribution in [-0.2, 0) is 4.79 Å². The average Bonchev–Trinajstić information content (AvgIpc) is 2.31. The summed E-state index contributed by atoms with van der Waals surface area (Å²) in [6, 6.07) is 0. The highest BCUT2D eigenvalue weighted by Gasteiger charge is 1.97. The summed E-state index contributed by atoms with van der Waals surface area (Å²) in [6.07, 6.45) is 11.8. The highest BCUT2D eigenvalue weighted by Crippen LogP contribution is 2.14. The van der Waals surface area contributed by atoms with Gasteiger partial charge in [-0.05, 0) is 12.3 Å². The first kappa shape index (κ1) is 19.8. The molecule has 0 unspecified atom stereocenters. The second-order valence-electron chi connectivity index (χ2n) is 5.02. The van der Waals surface area contributed by atoms with E-state index in [1.807, 2.05) is 0 Å². The maximum atomic E-state index is 9.00. The minimum absolute atomic E-state index is 0.369. The summed E-state index contributed by atoms with van der Waals surface area (Å²) >= 11 is 0. The van der Waals surface area contributed by atoms with Crippen molar-refractivity contribution >= 4 is 5.97 Å². The van der Waals surface area contributed by atoms with Gasteiger partial charge in [-0.2, -0.15) is 0 Å². The number of aliphatic carboxylic acids is 1. The Morgan fingerprint density at radius 1 is 1.00 bits per heavy atom. The molecule has 3 heteroatoms. The summed E-state index contributed by atoms with van der Waals surface area (Å²) in [7, 11) is 0. The summed E-state index contributed by atoms with van der Waals surface area (Å²) in [6.45, 7) is 6.08. The largest absolute Gasteiger partial charge is 0.481 e. The lowest BCUT2D eigenvalue weighted by molar-refractivity contribution is -0.134. The van der Waals surface area contributed by atoms with E-state index in [1.54, 1.807) is 0 Å². The van der Waals surface area contributed by atoms with Crippen molar-refractivity contribution in [1.29, 1.82) is 0 Å².